The molecule has 4 rings (SSSR count). The van der Waals surface area contributed by atoms with E-state index < -0.39 is 20.1 Å². The Morgan fingerprint density at radius 1 is 1.06 bits per heavy atom. The molecule has 0 N–H and O–H groups in total. The molecule has 2 heterocycles. The molecule has 0 amide bonds. The van der Waals surface area contributed by atoms with Crippen LogP contribution in [0.25, 0.3) is 0 Å². The third-order valence-corrected chi connectivity index (χ3v) is 12.5. The number of halogens is 1. The molecule has 32 heavy (non-hydrogen) atoms. The van der Waals surface area contributed by atoms with Crippen LogP contribution in [0.4, 0.5) is 0 Å². The fourth-order valence-corrected chi connectivity index (χ4v) is 10.7. The molecule has 4 unspecified atom stereocenters. The van der Waals surface area contributed by atoms with Crippen molar-refractivity contribution in [1.29, 1.82) is 0 Å². The molecule has 2 bridgehead atoms. The lowest BCUT2D eigenvalue weighted by molar-refractivity contribution is -0.207. The van der Waals surface area contributed by atoms with Crippen molar-refractivity contribution in [2.75, 3.05) is 13.2 Å². The largest absolute Gasteiger partial charge is 0.462 e. The summed E-state index contributed by atoms with van der Waals surface area (Å²) in [6.45, 7) is 9.20. The summed E-state index contributed by atoms with van der Waals surface area (Å²) in [6.07, 6.45) is -0.0119. The number of alkyl halides is 1. The zero-order valence-corrected chi connectivity index (χ0v) is 22.2. The van der Waals surface area contributed by atoms with Crippen molar-refractivity contribution in [3.05, 3.63) is 60.7 Å². The summed E-state index contributed by atoms with van der Waals surface area (Å²) in [5.74, 6) is -1.73. The van der Waals surface area contributed by atoms with Gasteiger partial charge in [-0.05, 0) is 22.3 Å². The Morgan fingerprint density at radius 2 is 1.62 bits per heavy atom. The van der Waals surface area contributed by atoms with Gasteiger partial charge in [0.2, 0.25) is 0 Å². The van der Waals surface area contributed by atoms with Gasteiger partial charge in [-0.3, -0.25) is 0 Å². The number of ether oxygens (including phenoxy) is 3. The molecular weight excluding hydrogens is 535 g/mol. The molecule has 0 aliphatic carbocycles. The maximum atomic E-state index is 12.6. The average Bonchev–Trinajstić information content (AvgIpc) is 3.31. The minimum atomic E-state index is -2.69. The predicted molar refractivity (Wildman–Crippen MR) is 135 cm³/mol. The smallest absolute Gasteiger partial charge is 0.366 e. The van der Waals surface area contributed by atoms with E-state index in [0.717, 1.165) is 0 Å². The number of fused-ring (bicyclic) bond motifs is 2. The number of benzene rings is 2. The van der Waals surface area contributed by atoms with Crippen LogP contribution in [0.15, 0.2) is 60.7 Å². The highest BCUT2D eigenvalue weighted by Gasteiger charge is 2.63. The van der Waals surface area contributed by atoms with E-state index in [4.69, 9.17) is 18.6 Å². The van der Waals surface area contributed by atoms with Crippen LogP contribution in [-0.4, -0.2) is 49.4 Å². The second-order valence-corrected chi connectivity index (χ2v) is 15.3. The van der Waals surface area contributed by atoms with E-state index in [-0.39, 0.29) is 21.2 Å². The molecule has 2 saturated heterocycles. The molecule has 2 aromatic carbocycles. The van der Waals surface area contributed by atoms with E-state index in [9.17, 15) is 4.79 Å². The Hall–Kier alpha value is -1.26. The van der Waals surface area contributed by atoms with Crippen molar-refractivity contribution in [2.45, 2.75) is 61.1 Å². The summed E-state index contributed by atoms with van der Waals surface area (Å²) in [6, 6.07) is 21.0. The van der Waals surface area contributed by atoms with Crippen LogP contribution in [0.5, 0.6) is 0 Å². The van der Waals surface area contributed by atoms with Crippen molar-refractivity contribution in [3.63, 3.8) is 0 Å². The van der Waals surface area contributed by atoms with Crippen LogP contribution in [0.1, 0.15) is 34.1 Å². The third-order valence-electron chi connectivity index (χ3n) is 6.32. The fraction of sp³-hybridized carbons (Fsp3) is 0.480. The molecule has 2 aliphatic rings. The zero-order chi connectivity index (χ0) is 23.0. The molecule has 2 aliphatic heterocycles. The molecular formula is C25H31IO5Si. The van der Waals surface area contributed by atoms with Crippen molar-refractivity contribution < 1.29 is 23.4 Å². The average molecular weight is 567 g/mol. The molecule has 172 valence electrons. The molecule has 0 aromatic heterocycles. The summed E-state index contributed by atoms with van der Waals surface area (Å²) < 4.78 is 24.7. The van der Waals surface area contributed by atoms with Gasteiger partial charge in [0.25, 0.3) is 14.1 Å². The lowest BCUT2D eigenvalue weighted by Crippen LogP contribution is -2.67. The Balaban J connectivity index is 1.67. The van der Waals surface area contributed by atoms with Crippen molar-refractivity contribution >= 4 is 47.3 Å². The van der Waals surface area contributed by atoms with Crippen LogP contribution in [0, 0.1) is 0 Å². The maximum Gasteiger partial charge on any atom is 0.366 e. The Labute approximate surface area is 205 Å². The lowest BCUT2D eigenvalue weighted by atomic mass is 10.0. The maximum absolute atomic E-state index is 12.6. The van der Waals surface area contributed by atoms with Gasteiger partial charge in [0.05, 0.1) is 13.2 Å². The van der Waals surface area contributed by atoms with Gasteiger partial charge in [0, 0.05) is 10.3 Å². The van der Waals surface area contributed by atoms with Gasteiger partial charge < -0.3 is 18.6 Å². The normalized spacial score (nSPS) is 27.5. The van der Waals surface area contributed by atoms with Crippen LogP contribution in [0.3, 0.4) is 0 Å². The first-order valence-electron chi connectivity index (χ1n) is 11.2. The van der Waals surface area contributed by atoms with E-state index in [1.807, 2.05) is 12.1 Å². The van der Waals surface area contributed by atoms with Gasteiger partial charge in [0.1, 0.15) is 12.2 Å². The minimum absolute atomic E-state index is 0.128. The summed E-state index contributed by atoms with van der Waals surface area (Å²) in [5, 5.41) is 2.30. The van der Waals surface area contributed by atoms with Crippen molar-refractivity contribution in [3.8, 4) is 0 Å². The Bertz CT molecular complexity index is 893. The quantitative estimate of drug-likeness (QED) is 0.221. The summed E-state index contributed by atoms with van der Waals surface area (Å²) in [7, 11) is -2.69. The highest BCUT2D eigenvalue weighted by Crippen LogP contribution is 2.47. The number of rotatable bonds is 7. The highest BCUT2D eigenvalue weighted by atomic mass is 127. The molecule has 2 aromatic rings. The predicted octanol–water partition coefficient (Wildman–Crippen LogP) is 3.81. The zero-order valence-electron chi connectivity index (χ0n) is 19.0. The van der Waals surface area contributed by atoms with Gasteiger partial charge in [-0.2, -0.15) is 0 Å². The number of carbonyl (C=O) groups excluding carboxylic acids is 1. The third kappa shape index (κ3) is 4.07. The standard InChI is InChI=1S/C25H31IO5Si/c1-5-28-23(27)25-16-20(26)22(31-25)21(30-25)17-29-32(24(2,3)4,18-12-8-6-9-13-18)19-14-10-7-11-15-19/h6-15,20-22H,5,16-17H2,1-4H3. The van der Waals surface area contributed by atoms with E-state index in [0.29, 0.717) is 19.6 Å². The topological polar surface area (TPSA) is 54.0 Å². The van der Waals surface area contributed by atoms with E-state index >= 15 is 0 Å². The fourth-order valence-electron chi connectivity index (χ4n) is 4.93. The monoisotopic (exact) mass is 566 g/mol. The van der Waals surface area contributed by atoms with E-state index in [1.54, 1.807) is 6.92 Å². The lowest BCUT2D eigenvalue weighted by Gasteiger charge is -2.44. The minimum Gasteiger partial charge on any atom is -0.462 e. The molecule has 0 saturated carbocycles. The van der Waals surface area contributed by atoms with Gasteiger partial charge in [-0.1, -0.05) is 104 Å². The van der Waals surface area contributed by atoms with Gasteiger partial charge >= 0.3 is 5.97 Å². The molecule has 7 heteroatoms. The second kappa shape index (κ2) is 9.17. The summed E-state index contributed by atoms with van der Waals surface area (Å²) in [5.41, 5.74) is 0. The van der Waals surface area contributed by atoms with Crippen molar-refractivity contribution in [2.24, 2.45) is 0 Å². The van der Waals surface area contributed by atoms with Gasteiger partial charge in [-0.15, -0.1) is 0 Å². The van der Waals surface area contributed by atoms with Crippen LogP contribution in [0.2, 0.25) is 5.04 Å². The number of hydrogen-bond donors (Lipinski definition) is 0. The molecule has 0 spiro atoms. The number of carbonyl (C=O) groups is 1. The van der Waals surface area contributed by atoms with Crippen molar-refractivity contribution in [1.82, 2.24) is 0 Å². The Kier molecular flexibility index (Phi) is 6.85. The van der Waals surface area contributed by atoms with Crippen LogP contribution in [-0.2, 0) is 23.4 Å². The van der Waals surface area contributed by atoms with Crippen LogP contribution >= 0.6 is 22.6 Å². The molecule has 4 atom stereocenters. The van der Waals surface area contributed by atoms with Gasteiger partial charge in [0.15, 0.2) is 0 Å². The molecule has 2 fully saturated rings. The van der Waals surface area contributed by atoms with E-state index in [1.165, 1.54) is 10.4 Å². The Morgan fingerprint density at radius 3 is 2.12 bits per heavy atom. The number of esters is 1. The summed E-state index contributed by atoms with van der Waals surface area (Å²) in [4.78, 5) is 12.6. The highest BCUT2D eigenvalue weighted by molar-refractivity contribution is 14.1. The summed E-state index contributed by atoms with van der Waals surface area (Å²) >= 11 is 2.35. The SMILES string of the molecule is CCOC(=O)C12CC(I)C(O1)C(CO[Si](c1ccccc1)(c1ccccc1)C(C)(C)C)O2. The first-order chi connectivity index (χ1) is 15.2. The number of hydrogen-bond acceptors (Lipinski definition) is 5. The van der Waals surface area contributed by atoms with E-state index in [2.05, 4.69) is 91.9 Å². The van der Waals surface area contributed by atoms with Crippen LogP contribution < -0.4 is 10.4 Å². The first-order valence-corrected chi connectivity index (χ1v) is 14.3. The second-order valence-electron chi connectivity index (χ2n) is 9.41. The molecule has 0 radical (unpaired) electrons. The first kappa shape index (κ1) is 23.9. The molecule has 5 nitrogen and oxygen atoms in total. The van der Waals surface area contributed by atoms with Gasteiger partial charge in [-0.25, -0.2) is 4.79 Å².